The van der Waals surface area contributed by atoms with Crippen LogP contribution in [0.25, 0.3) is 16.9 Å². The molecule has 0 N–H and O–H groups in total. The molecular weight excluding hydrogens is 341 g/mol. The predicted octanol–water partition coefficient (Wildman–Crippen LogP) is 5.53. The molecule has 0 saturated carbocycles. The van der Waals surface area contributed by atoms with Crippen molar-refractivity contribution < 1.29 is 9.13 Å². The van der Waals surface area contributed by atoms with Gasteiger partial charge in [0, 0.05) is 11.6 Å². The fourth-order valence-electron chi connectivity index (χ4n) is 3.13. The normalized spacial score (nSPS) is 12.0. The van der Waals surface area contributed by atoms with Crippen LogP contribution in [0.5, 0.6) is 11.5 Å². The Morgan fingerprint density at radius 1 is 0.852 bits per heavy atom. The van der Waals surface area contributed by atoms with Crippen molar-refractivity contribution >= 4 is 11.9 Å². The van der Waals surface area contributed by atoms with E-state index in [-0.39, 0.29) is 5.82 Å². The number of ether oxygens (including phenoxy) is 1. The monoisotopic (exact) mass is 355 g/mol. The molecule has 1 aromatic heterocycles. The lowest BCUT2D eigenvalue weighted by molar-refractivity contribution is 0.484. The van der Waals surface area contributed by atoms with E-state index in [0.717, 1.165) is 16.9 Å². The van der Waals surface area contributed by atoms with E-state index >= 15 is 0 Å². The van der Waals surface area contributed by atoms with Crippen LogP contribution in [0, 0.1) is 5.82 Å². The van der Waals surface area contributed by atoms with Gasteiger partial charge in [-0.2, -0.15) is 5.10 Å². The van der Waals surface area contributed by atoms with E-state index in [1.54, 1.807) is 12.3 Å². The van der Waals surface area contributed by atoms with Crippen LogP contribution in [0.2, 0.25) is 0 Å². The van der Waals surface area contributed by atoms with Crippen molar-refractivity contribution in [2.75, 3.05) is 0 Å². The minimum absolute atomic E-state index is 0.355. The molecule has 5 heteroatoms. The number of aliphatic imine (C=N–C) groups is 1. The maximum absolute atomic E-state index is 13.6. The number of fused-ring (bicyclic) bond motifs is 2. The van der Waals surface area contributed by atoms with E-state index < -0.39 is 0 Å². The highest BCUT2D eigenvalue weighted by Crippen LogP contribution is 2.42. The Bertz CT molecular complexity index is 1150. The van der Waals surface area contributed by atoms with Crippen LogP contribution in [0.3, 0.4) is 0 Å². The van der Waals surface area contributed by atoms with Gasteiger partial charge in [0.1, 0.15) is 22.9 Å². The molecule has 0 radical (unpaired) electrons. The van der Waals surface area contributed by atoms with Crippen molar-refractivity contribution in [1.82, 2.24) is 9.78 Å². The molecule has 0 unspecified atom stereocenters. The van der Waals surface area contributed by atoms with Gasteiger partial charge < -0.3 is 4.74 Å². The van der Waals surface area contributed by atoms with Crippen LogP contribution >= 0.6 is 0 Å². The summed E-state index contributed by atoms with van der Waals surface area (Å²) >= 11 is 0. The summed E-state index contributed by atoms with van der Waals surface area (Å²) in [5.41, 5.74) is 3.74. The molecule has 0 atom stereocenters. The van der Waals surface area contributed by atoms with Crippen LogP contribution in [0.15, 0.2) is 83.9 Å². The van der Waals surface area contributed by atoms with Crippen LogP contribution in [0.1, 0.15) is 5.69 Å². The van der Waals surface area contributed by atoms with Crippen LogP contribution in [-0.4, -0.2) is 16.0 Å². The molecule has 0 saturated heterocycles. The van der Waals surface area contributed by atoms with Gasteiger partial charge in [-0.15, -0.1) is 0 Å². The van der Waals surface area contributed by atoms with E-state index in [1.807, 2.05) is 65.3 Å². The van der Waals surface area contributed by atoms with Gasteiger partial charge in [0.2, 0.25) is 0 Å². The smallest absolute Gasteiger partial charge is 0.182 e. The average molecular weight is 355 g/mol. The summed E-state index contributed by atoms with van der Waals surface area (Å²) in [7, 11) is 0. The zero-order valence-electron chi connectivity index (χ0n) is 14.2. The molecule has 4 aromatic rings. The number of benzene rings is 3. The Balaban J connectivity index is 1.76. The Labute approximate surface area is 155 Å². The number of para-hydroxylation sites is 1. The number of nitrogens with zero attached hydrogens (tertiary/aromatic N) is 3. The Kier molecular flexibility index (Phi) is 3.57. The number of aromatic nitrogens is 2. The van der Waals surface area contributed by atoms with Crippen molar-refractivity contribution in [3.63, 3.8) is 0 Å². The van der Waals surface area contributed by atoms with E-state index in [9.17, 15) is 4.39 Å². The second-order valence-electron chi connectivity index (χ2n) is 6.15. The van der Waals surface area contributed by atoms with Gasteiger partial charge in [-0.25, -0.2) is 9.07 Å². The Hall–Kier alpha value is -3.73. The standard InChI is InChI=1S/C22H14FN3O/c23-16-11-12-20-18(13-16)24-14-19-22(27-20)21(15-7-3-1-4-8-15)26(25-19)17-9-5-2-6-10-17/h1-14H. The highest BCUT2D eigenvalue weighted by Gasteiger charge is 2.24. The van der Waals surface area contributed by atoms with Crippen LogP contribution in [0.4, 0.5) is 10.1 Å². The molecule has 0 amide bonds. The van der Waals surface area contributed by atoms with Gasteiger partial charge in [-0.3, -0.25) is 4.99 Å². The first-order valence-corrected chi connectivity index (χ1v) is 8.55. The summed E-state index contributed by atoms with van der Waals surface area (Å²) in [5.74, 6) is 0.738. The lowest BCUT2D eigenvalue weighted by atomic mass is 10.1. The molecule has 130 valence electrons. The summed E-state index contributed by atoms with van der Waals surface area (Å²) in [6.07, 6.45) is 1.62. The van der Waals surface area contributed by atoms with Crippen LogP contribution in [-0.2, 0) is 0 Å². The minimum atomic E-state index is -0.355. The molecule has 1 aliphatic rings. The first-order chi connectivity index (χ1) is 13.3. The zero-order chi connectivity index (χ0) is 18.2. The maximum atomic E-state index is 13.6. The molecule has 3 aromatic carbocycles. The van der Waals surface area contributed by atoms with Gasteiger partial charge in [0.25, 0.3) is 0 Å². The quantitative estimate of drug-likeness (QED) is 0.417. The third-order valence-electron chi connectivity index (χ3n) is 4.37. The molecule has 0 bridgehead atoms. The van der Waals surface area contributed by atoms with E-state index in [1.165, 1.54) is 12.1 Å². The third-order valence-corrected chi connectivity index (χ3v) is 4.37. The van der Waals surface area contributed by atoms with Gasteiger partial charge in [-0.1, -0.05) is 48.5 Å². The summed E-state index contributed by atoms with van der Waals surface area (Å²) < 4.78 is 21.6. The van der Waals surface area contributed by atoms with Gasteiger partial charge in [0.05, 0.1) is 11.9 Å². The first-order valence-electron chi connectivity index (χ1n) is 8.55. The molecule has 5 rings (SSSR count). The first kappa shape index (κ1) is 15.5. The fraction of sp³-hybridized carbons (Fsp3) is 0. The highest BCUT2D eigenvalue weighted by atomic mass is 19.1. The predicted molar refractivity (Wildman–Crippen MR) is 103 cm³/mol. The molecule has 0 aliphatic carbocycles. The van der Waals surface area contributed by atoms with Crippen molar-refractivity contribution in [2.24, 2.45) is 4.99 Å². The second kappa shape index (κ2) is 6.21. The molecule has 0 spiro atoms. The van der Waals surface area contributed by atoms with Crippen molar-refractivity contribution in [2.45, 2.75) is 0 Å². The van der Waals surface area contributed by atoms with E-state index in [2.05, 4.69) is 4.99 Å². The second-order valence-corrected chi connectivity index (χ2v) is 6.15. The van der Waals surface area contributed by atoms with Gasteiger partial charge in [0.15, 0.2) is 11.5 Å². The van der Waals surface area contributed by atoms with Crippen molar-refractivity contribution in [1.29, 1.82) is 0 Å². The highest BCUT2D eigenvalue weighted by molar-refractivity contribution is 5.90. The molecule has 0 fully saturated rings. The zero-order valence-corrected chi connectivity index (χ0v) is 14.2. The van der Waals surface area contributed by atoms with Crippen molar-refractivity contribution in [3.05, 3.63) is 90.4 Å². The Morgan fingerprint density at radius 2 is 1.59 bits per heavy atom. The minimum Gasteiger partial charge on any atom is -0.450 e. The molecule has 2 heterocycles. The largest absolute Gasteiger partial charge is 0.450 e. The number of rotatable bonds is 2. The maximum Gasteiger partial charge on any atom is 0.182 e. The van der Waals surface area contributed by atoms with Gasteiger partial charge >= 0.3 is 0 Å². The van der Waals surface area contributed by atoms with E-state index in [0.29, 0.717) is 22.9 Å². The number of halogens is 1. The van der Waals surface area contributed by atoms with E-state index in [4.69, 9.17) is 9.84 Å². The molecule has 4 nitrogen and oxygen atoms in total. The third kappa shape index (κ3) is 2.69. The number of hydrogen-bond acceptors (Lipinski definition) is 3. The lowest BCUT2D eigenvalue weighted by Crippen LogP contribution is -1.99. The Morgan fingerprint density at radius 3 is 2.37 bits per heavy atom. The molecule has 27 heavy (non-hydrogen) atoms. The van der Waals surface area contributed by atoms with Gasteiger partial charge in [-0.05, 0) is 24.3 Å². The summed E-state index contributed by atoms with van der Waals surface area (Å²) in [4.78, 5) is 4.36. The summed E-state index contributed by atoms with van der Waals surface area (Å²) in [6.45, 7) is 0. The lowest BCUT2D eigenvalue weighted by Gasteiger charge is -2.11. The van der Waals surface area contributed by atoms with Crippen molar-refractivity contribution in [3.8, 4) is 28.4 Å². The SMILES string of the molecule is Fc1ccc2c(c1)N=Cc1nn(-c3ccccc3)c(-c3ccccc3)c1O2. The average Bonchev–Trinajstić information content (AvgIpc) is 2.98. The molecular formula is C22H14FN3O. The number of hydrogen-bond donors (Lipinski definition) is 0. The fourth-order valence-corrected chi connectivity index (χ4v) is 3.13. The summed E-state index contributed by atoms with van der Waals surface area (Å²) in [6, 6.07) is 24.1. The van der Waals surface area contributed by atoms with Crippen LogP contribution < -0.4 is 4.74 Å². The topological polar surface area (TPSA) is 39.4 Å². The molecule has 1 aliphatic heterocycles. The summed E-state index contributed by atoms with van der Waals surface area (Å²) in [5, 5.41) is 4.71.